The van der Waals surface area contributed by atoms with Crippen LogP contribution < -0.4 is 0 Å². The van der Waals surface area contributed by atoms with Gasteiger partial charge in [-0.05, 0) is 45.1 Å². The van der Waals surface area contributed by atoms with Gasteiger partial charge in [0.25, 0.3) is 0 Å². The van der Waals surface area contributed by atoms with E-state index in [2.05, 4.69) is 21.8 Å². The molecule has 1 aromatic rings. The molecule has 1 aliphatic rings. The largest absolute Gasteiger partial charge is 0.306 e. The molecule has 0 amide bonds. The van der Waals surface area contributed by atoms with Crippen LogP contribution in [0.1, 0.15) is 23.3 Å². The third kappa shape index (κ3) is 4.35. The van der Waals surface area contributed by atoms with Crippen molar-refractivity contribution in [3.63, 3.8) is 0 Å². The van der Waals surface area contributed by atoms with Crippen molar-refractivity contribution in [2.45, 2.75) is 12.8 Å². The molecule has 1 unspecified atom stereocenters. The molecule has 110 valence electrons. The van der Waals surface area contributed by atoms with Gasteiger partial charge in [-0.2, -0.15) is 0 Å². The number of halogens is 1. The lowest BCUT2D eigenvalue weighted by molar-refractivity contribution is 0.0961. The number of pyridine rings is 1. The van der Waals surface area contributed by atoms with Crippen LogP contribution >= 0.6 is 0 Å². The standard InChI is InChI=1S/C15H22FN3O/c1-18-7-5-12(10-18)11-19(2)8-6-15(20)14-4-3-13(16)9-17-14/h3-4,9,12H,5-8,10-11H2,1-2H3. The molecule has 0 aliphatic carbocycles. The number of likely N-dealkylation sites (tertiary alicyclic amines) is 1. The highest BCUT2D eigenvalue weighted by Crippen LogP contribution is 2.15. The monoisotopic (exact) mass is 279 g/mol. The van der Waals surface area contributed by atoms with Gasteiger partial charge in [-0.25, -0.2) is 4.39 Å². The van der Waals surface area contributed by atoms with Crippen molar-refractivity contribution >= 4 is 5.78 Å². The van der Waals surface area contributed by atoms with Gasteiger partial charge in [-0.15, -0.1) is 0 Å². The van der Waals surface area contributed by atoms with Crippen LogP contribution in [-0.4, -0.2) is 60.8 Å². The summed E-state index contributed by atoms with van der Waals surface area (Å²) in [6, 6.07) is 2.72. The van der Waals surface area contributed by atoms with Crippen LogP contribution in [0.3, 0.4) is 0 Å². The number of nitrogens with zero attached hydrogens (tertiary/aromatic N) is 3. The molecular weight excluding hydrogens is 257 g/mol. The van der Waals surface area contributed by atoms with Gasteiger partial charge in [0, 0.05) is 26.1 Å². The van der Waals surface area contributed by atoms with Crippen LogP contribution in [0.2, 0.25) is 0 Å². The summed E-state index contributed by atoms with van der Waals surface area (Å²) >= 11 is 0. The molecule has 2 heterocycles. The molecule has 20 heavy (non-hydrogen) atoms. The zero-order chi connectivity index (χ0) is 14.5. The van der Waals surface area contributed by atoms with Crippen LogP contribution in [0.15, 0.2) is 18.3 Å². The topological polar surface area (TPSA) is 36.4 Å². The number of Topliss-reactive ketones (excluding diaryl/α,β-unsaturated/α-hetero) is 1. The zero-order valence-corrected chi connectivity index (χ0v) is 12.2. The molecule has 5 heteroatoms. The van der Waals surface area contributed by atoms with E-state index in [9.17, 15) is 9.18 Å². The van der Waals surface area contributed by atoms with Gasteiger partial charge in [-0.3, -0.25) is 9.78 Å². The predicted molar refractivity (Wildman–Crippen MR) is 76.2 cm³/mol. The van der Waals surface area contributed by atoms with Crippen molar-refractivity contribution in [1.29, 1.82) is 0 Å². The third-order valence-electron chi connectivity index (χ3n) is 3.79. The van der Waals surface area contributed by atoms with Gasteiger partial charge >= 0.3 is 0 Å². The SMILES string of the molecule is CN(CCC(=O)c1ccc(F)cn1)CC1CCN(C)C1. The van der Waals surface area contributed by atoms with Crippen LogP contribution in [0, 0.1) is 11.7 Å². The smallest absolute Gasteiger partial charge is 0.182 e. The van der Waals surface area contributed by atoms with Gasteiger partial charge in [0.1, 0.15) is 11.5 Å². The number of carbonyl (C=O) groups is 1. The first-order valence-electron chi connectivity index (χ1n) is 7.06. The number of hydrogen-bond acceptors (Lipinski definition) is 4. The molecule has 2 rings (SSSR count). The maximum atomic E-state index is 12.7. The van der Waals surface area contributed by atoms with E-state index in [1.807, 2.05) is 7.05 Å². The fourth-order valence-electron chi connectivity index (χ4n) is 2.67. The second-order valence-corrected chi connectivity index (χ2v) is 5.71. The van der Waals surface area contributed by atoms with Crippen molar-refractivity contribution < 1.29 is 9.18 Å². The summed E-state index contributed by atoms with van der Waals surface area (Å²) in [5.41, 5.74) is 0.348. The van der Waals surface area contributed by atoms with Crippen LogP contribution in [0.4, 0.5) is 4.39 Å². The molecule has 4 nitrogen and oxygen atoms in total. The highest BCUT2D eigenvalue weighted by molar-refractivity contribution is 5.94. The van der Waals surface area contributed by atoms with Gasteiger partial charge in [0.2, 0.25) is 0 Å². The number of carbonyl (C=O) groups excluding carboxylic acids is 1. The third-order valence-corrected chi connectivity index (χ3v) is 3.79. The molecule has 1 atom stereocenters. The number of aromatic nitrogens is 1. The highest BCUT2D eigenvalue weighted by Gasteiger charge is 2.20. The average Bonchev–Trinajstić information content (AvgIpc) is 2.82. The fraction of sp³-hybridized carbons (Fsp3) is 0.600. The average molecular weight is 279 g/mol. The van der Waals surface area contributed by atoms with E-state index in [1.54, 1.807) is 0 Å². The normalized spacial score (nSPS) is 19.7. The Kier molecular flexibility index (Phi) is 5.20. The Morgan fingerprint density at radius 2 is 2.35 bits per heavy atom. The van der Waals surface area contributed by atoms with Crippen molar-refractivity contribution in [3.8, 4) is 0 Å². The van der Waals surface area contributed by atoms with E-state index in [0.717, 1.165) is 32.4 Å². The number of rotatable bonds is 6. The molecule has 1 aliphatic heterocycles. The maximum absolute atomic E-state index is 12.7. The summed E-state index contributed by atoms with van der Waals surface area (Å²) in [6.07, 6.45) is 2.75. The Morgan fingerprint density at radius 1 is 1.55 bits per heavy atom. The molecule has 1 saturated heterocycles. The Labute approximate surface area is 119 Å². The Bertz CT molecular complexity index is 449. The molecule has 0 N–H and O–H groups in total. The second kappa shape index (κ2) is 6.90. The predicted octanol–water partition coefficient (Wildman–Crippen LogP) is 1.68. The van der Waals surface area contributed by atoms with E-state index in [4.69, 9.17) is 0 Å². The Morgan fingerprint density at radius 3 is 2.95 bits per heavy atom. The van der Waals surface area contributed by atoms with E-state index < -0.39 is 5.82 Å². The molecule has 0 saturated carbocycles. The van der Waals surface area contributed by atoms with Crippen molar-refractivity contribution in [2.75, 3.05) is 40.3 Å². The molecule has 0 bridgehead atoms. The number of hydrogen-bond donors (Lipinski definition) is 0. The lowest BCUT2D eigenvalue weighted by atomic mass is 10.1. The maximum Gasteiger partial charge on any atom is 0.182 e. The molecule has 0 radical (unpaired) electrons. The first-order valence-corrected chi connectivity index (χ1v) is 7.06. The van der Waals surface area contributed by atoms with E-state index in [1.165, 1.54) is 18.6 Å². The quantitative estimate of drug-likeness (QED) is 0.742. The minimum Gasteiger partial charge on any atom is -0.306 e. The van der Waals surface area contributed by atoms with Crippen molar-refractivity contribution in [2.24, 2.45) is 5.92 Å². The summed E-state index contributed by atoms with van der Waals surface area (Å²) in [6.45, 7) is 4.04. The van der Waals surface area contributed by atoms with Gasteiger partial charge in [-0.1, -0.05) is 0 Å². The fourth-order valence-corrected chi connectivity index (χ4v) is 2.67. The molecule has 0 aromatic carbocycles. The van der Waals surface area contributed by atoms with E-state index in [-0.39, 0.29) is 5.78 Å². The summed E-state index contributed by atoms with van der Waals surface area (Å²) in [7, 11) is 4.19. The van der Waals surface area contributed by atoms with Crippen LogP contribution in [0.5, 0.6) is 0 Å². The summed E-state index contributed by atoms with van der Waals surface area (Å²) in [4.78, 5) is 20.3. The molecular formula is C15H22FN3O. The first-order chi connectivity index (χ1) is 9.54. The summed E-state index contributed by atoms with van der Waals surface area (Å²) in [5.74, 6) is 0.258. The molecule has 1 fully saturated rings. The van der Waals surface area contributed by atoms with E-state index >= 15 is 0 Å². The highest BCUT2D eigenvalue weighted by atomic mass is 19.1. The zero-order valence-electron chi connectivity index (χ0n) is 12.2. The Hall–Kier alpha value is -1.33. The molecule has 1 aromatic heterocycles. The minimum atomic E-state index is -0.413. The second-order valence-electron chi connectivity index (χ2n) is 5.71. The minimum absolute atomic E-state index is 0.0274. The Balaban J connectivity index is 1.74. The van der Waals surface area contributed by atoms with Crippen LogP contribution in [0.25, 0.3) is 0 Å². The van der Waals surface area contributed by atoms with Crippen molar-refractivity contribution in [3.05, 3.63) is 29.8 Å². The van der Waals surface area contributed by atoms with Gasteiger partial charge in [0.15, 0.2) is 5.78 Å². The molecule has 0 spiro atoms. The summed E-state index contributed by atoms with van der Waals surface area (Å²) in [5, 5.41) is 0. The van der Waals surface area contributed by atoms with Crippen molar-refractivity contribution in [1.82, 2.24) is 14.8 Å². The van der Waals surface area contributed by atoms with E-state index in [0.29, 0.717) is 18.0 Å². The summed E-state index contributed by atoms with van der Waals surface area (Å²) < 4.78 is 12.7. The van der Waals surface area contributed by atoms with Gasteiger partial charge in [0.05, 0.1) is 6.20 Å². The van der Waals surface area contributed by atoms with Gasteiger partial charge < -0.3 is 9.80 Å². The number of ketones is 1. The first kappa shape index (κ1) is 15.1. The van der Waals surface area contributed by atoms with Crippen LogP contribution in [-0.2, 0) is 0 Å². The lowest BCUT2D eigenvalue weighted by Crippen LogP contribution is -2.29. The lowest BCUT2D eigenvalue weighted by Gasteiger charge is -2.20.